The van der Waals surface area contributed by atoms with Gasteiger partial charge in [-0.1, -0.05) is 16.8 Å². The van der Waals surface area contributed by atoms with Crippen molar-refractivity contribution in [3.05, 3.63) is 51.9 Å². The Labute approximate surface area is 159 Å². The lowest BCUT2D eigenvalue weighted by atomic mass is 10.2. The monoisotopic (exact) mass is 396 g/mol. The molecule has 1 heterocycles. The molecule has 0 saturated heterocycles. The maximum atomic E-state index is 11.8. The Bertz CT molecular complexity index is 784. The number of thioether (sulfide) groups is 1. The molecule has 2 rings (SSSR count). The Morgan fingerprint density at radius 2 is 1.92 bits per heavy atom. The van der Waals surface area contributed by atoms with Crippen molar-refractivity contribution in [2.24, 2.45) is 0 Å². The van der Waals surface area contributed by atoms with Gasteiger partial charge < -0.3 is 9.26 Å². The fourth-order valence-corrected chi connectivity index (χ4v) is 3.06. The van der Waals surface area contributed by atoms with Crippen molar-refractivity contribution in [3.63, 3.8) is 0 Å². The Hall–Kier alpha value is -2.32. The van der Waals surface area contributed by atoms with Gasteiger partial charge in [0.1, 0.15) is 5.76 Å². The molecule has 7 nitrogen and oxygen atoms in total. The zero-order valence-electron chi connectivity index (χ0n) is 14.2. The summed E-state index contributed by atoms with van der Waals surface area (Å²) in [6, 6.07) is 6.05. The first-order chi connectivity index (χ1) is 12.4. The first kappa shape index (κ1) is 20.0. The smallest absolute Gasteiger partial charge is 0.316 e. The van der Waals surface area contributed by atoms with Crippen LogP contribution in [0.5, 0.6) is 0 Å². The van der Waals surface area contributed by atoms with Crippen LogP contribution in [0.25, 0.3) is 0 Å². The topological polar surface area (TPSA) is 98.5 Å². The van der Waals surface area contributed by atoms with Crippen molar-refractivity contribution >= 4 is 41.1 Å². The zero-order valence-corrected chi connectivity index (χ0v) is 15.8. The number of hydrogen-bond donors (Lipinski definition) is 1. The number of carbonyl (C=O) groups is 3. The van der Waals surface area contributed by atoms with Crippen LogP contribution in [-0.4, -0.2) is 35.3 Å². The van der Waals surface area contributed by atoms with Crippen LogP contribution in [0.4, 0.5) is 0 Å². The standard InChI is InChI=1S/C17H17ClN2O5S/c1-10-14(11(2)25-20-10)8-26-9-16(22)24-7-15(21)19-17(23)12-3-5-13(18)6-4-12/h3-6H,7-9H2,1-2H3,(H,19,21,23). The van der Waals surface area contributed by atoms with Crippen molar-refractivity contribution in [1.82, 2.24) is 10.5 Å². The van der Waals surface area contributed by atoms with Gasteiger partial charge >= 0.3 is 5.97 Å². The fraction of sp³-hybridized carbons (Fsp3) is 0.294. The molecule has 0 aliphatic rings. The number of rotatable bonds is 7. The van der Waals surface area contributed by atoms with Gasteiger partial charge in [-0.15, -0.1) is 11.8 Å². The average Bonchev–Trinajstić information content (AvgIpc) is 2.92. The highest BCUT2D eigenvalue weighted by molar-refractivity contribution is 7.99. The molecule has 2 aromatic rings. The van der Waals surface area contributed by atoms with Crippen LogP contribution in [0.2, 0.25) is 5.02 Å². The summed E-state index contributed by atoms with van der Waals surface area (Å²) >= 11 is 7.06. The van der Waals surface area contributed by atoms with Crippen molar-refractivity contribution in [2.45, 2.75) is 19.6 Å². The van der Waals surface area contributed by atoms with E-state index in [9.17, 15) is 14.4 Å². The third-order valence-corrected chi connectivity index (χ3v) is 4.56. The molecule has 9 heteroatoms. The van der Waals surface area contributed by atoms with Gasteiger partial charge in [0.15, 0.2) is 6.61 Å². The van der Waals surface area contributed by atoms with Crippen LogP contribution >= 0.6 is 23.4 Å². The molecule has 2 amide bonds. The van der Waals surface area contributed by atoms with Gasteiger partial charge in [-0.3, -0.25) is 19.7 Å². The summed E-state index contributed by atoms with van der Waals surface area (Å²) in [4.78, 5) is 35.2. The normalized spacial score (nSPS) is 10.4. The minimum atomic E-state index is -0.700. The average molecular weight is 397 g/mol. The molecule has 0 radical (unpaired) electrons. The highest BCUT2D eigenvalue weighted by atomic mass is 35.5. The number of nitrogens with zero attached hydrogens (tertiary/aromatic N) is 1. The van der Waals surface area contributed by atoms with E-state index < -0.39 is 24.4 Å². The fourth-order valence-electron chi connectivity index (χ4n) is 1.97. The summed E-state index contributed by atoms with van der Waals surface area (Å²) in [7, 11) is 0. The van der Waals surface area contributed by atoms with Crippen LogP contribution < -0.4 is 5.32 Å². The molecule has 26 heavy (non-hydrogen) atoms. The number of halogens is 1. The number of benzene rings is 1. The van der Waals surface area contributed by atoms with E-state index >= 15 is 0 Å². The molecule has 0 unspecified atom stereocenters. The zero-order chi connectivity index (χ0) is 19.1. The number of hydrogen-bond acceptors (Lipinski definition) is 7. The number of aryl methyl sites for hydroxylation is 2. The highest BCUT2D eigenvalue weighted by Crippen LogP contribution is 2.19. The van der Waals surface area contributed by atoms with Gasteiger partial charge in [0.05, 0.1) is 11.4 Å². The Morgan fingerprint density at radius 1 is 1.23 bits per heavy atom. The molecule has 1 aromatic carbocycles. The number of nitrogens with one attached hydrogen (secondary N) is 1. The second kappa shape index (κ2) is 9.40. The van der Waals surface area contributed by atoms with E-state index in [-0.39, 0.29) is 11.3 Å². The molecule has 1 aromatic heterocycles. The molecule has 0 fully saturated rings. The SMILES string of the molecule is Cc1noc(C)c1CSCC(=O)OCC(=O)NC(=O)c1ccc(Cl)cc1. The lowest BCUT2D eigenvalue weighted by molar-refractivity contribution is -0.145. The number of ether oxygens (including phenoxy) is 1. The molecule has 0 aliphatic carbocycles. The molecule has 0 saturated carbocycles. The summed E-state index contributed by atoms with van der Waals surface area (Å²) in [6.45, 7) is 3.10. The molecule has 0 bridgehead atoms. The van der Waals surface area contributed by atoms with Crippen molar-refractivity contribution in [1.29, 1.82) is 0 Å². The number of imide groups is 1. The highest BCUT2D eigenvalue weighted by Gasteiger charge is 2.14. The number of amides is 2. The summed E-state index contributed by atoms with van der Waals surface area (Å²) in [5.74, 6) is -0.496. The van der Waals surface area contributed by atoms with Gasteiger partial charge in [-0.2, -0.15) is 0 Å². The van der Waals surface area contributed by atoms with Crippen molar-refractivity contribution in [3.8, 4) is 0 Å². The number of esters is 1. The van der Waals surface area contributed by atoms with E-state index in [1.165, 1.54) is 36.0 Å². The van der Waals surface area contributed by atoms with Gasteiger partial charge in [0, 0.05) is 21.9 Å². The molecule has 0 spiro atoms. The second-order valence-electron chi connectivity index (χ2n) is 5.34. The van der Waals surface area contributed by atoms with Gasteiger partial charge in [0.2, 0.25) is 0 Å². The van der Waals surface area contributed by atoms with E-state index in [4.69, 9.17) is 20.9 Å². The third kappa shape index (κ3) is 5.89. The quantitative estimate of drug-likeness (QED) is 0.718. The van der Waals surface area contributed by atoms with E-state index in [0.29, 0.717) is 16.5 Å². The largest absolute Gasteiger partial charge is 0.455 e. The summed E-state index contributed by atoms with van der Waals surface area (Å²) in [6.07, 6.45) is 0. The van der Waals surface area contributed by atoms with Crippen LogP contribution in [0, 0.1) is 13.8 Å². The van der Waals surface area contributed by atoms with Crippen molar-refractivity contribution in [2.75, 3.05) is 12.4 Å². The lowest BCUT2D eigenvalue weighted by Gasteiger charge is -2.06. The number of aromatic nitrogens is 1. The summed E-state index contributed by atoms with van der Waals surface area (Å²) < 4.78 is 9.90. The Kier molecular flexibility index (Phi) is 7.23. The Balaban J connectivity index is 1.69. The van der Waals surface area contributed by atoms with E-state index in [0.717, 1.165) is 11.3 Å². The summed E-state index contributed by atoms with van der Waals surface area (Å²) in [5.41, 5.74) is 2.00. The summed E-state index contributed by atoms with van der Waals surface area (Å²) in [5, 5.41) is 6.46. The second-order valence-corrected chi connectivity index (χ2v) is 6.76. The van der Waals surface area contributed by atoms with Gasteiger partial charge in [-0.05, 0) is 38.1 Å². The van der Waals surface area contributed by atoms with Crippen LogP contribution in [0.3, 0.4) is 0 Å². The van der Waals surface area contributed by atoms with Crippen LogP contribution in [0.1, 0.15) is 27.4 Å². The first-order valence-corrected chi connectivity index (χ1v) is 9.15. The predicted octanol–water partition coefficient (Wildman–Crippen LogP) is 2.68. The lowest BCUT2D eigenvalue weighted by Crippen LogP contribution is -2.34. The third-order valence-electron chi connectivity index (χ3n) is 3.37. The van der Waals surface area contributed by atoms with Crippen LogP contribution in [0.15, 0.2) is 28.8 Å². The maximum Gasteiger partial charge on any atom is 0.316 e. The molecule has 1 N–H and O–H groups in total. The number of carbonyl (C=O) groups excluding carboxylic acids is 3. The maximum absolute atomic E-state index is 11.8. The van der Waals surface area contributed by atoms with E-state index in [1.807, 2.05) is 6.92 Å². The molecular weight excluding hydrogens is 380 g/mol. The first-order valence-electron chi connectivity index (χ1n) is 7.61. The molecular formula is C17H17ClN2O5S. The molecule has 0 aliphatic heterocycles. The van der Waals surface area contributed by atoms with Crippen LogP contribution in [-0.2, 0) is 20.1 Å². The predicted molar refractivity (Wildman–Crippen MR) is 97.0 cm³/mol. The van der Waals surface area contributed by atoms with Gasteiger partial charge in [-0.25, -0.2) is 0 Å². The van der Waals surface area contributed by atoms with E-state index in [2.05, 4.69) is 10.5 Å². The Morgan fingerprint density at radius 3 is 2.54 bits per heavy atom. The van der Waals surface area contributed by atoms with Gasteiger partial charge in [0.25, 0.3) is 11.8 Å². The van der Waals surface area contributed by atoms with Crippen molar-refractivity contribution < 1.29 is 23.6 Å². The minimum absolute atomic E-state index is 0.0719. The minimum Gasteiger partial charge on any atom is -0.455 e. The van der Waals surface area contributed by atoms with E-state index in [1.54, 1.807) is 6.92 Å². The molecule has 138 valence electrons. The molecule has 0 atom stereocenters.